The van der Waals surface area contributed by atoms with Crippen LogP contribution in [0.25, 0.3) is 0 Å². The highest BCUT2D eigenvalue weighted by Gasteiger charge is 2.48. The molecule has 0 aromatic rings. The molecule has 0 spiro atoms. The molecule has 2 rings (SSSR count). The monoisotopic (exact) mass is 324 g/mol. The van der Waals surface area contributed by atoms with Crippen molar-refractivity contribution in [3.05, 3.63) is 0 Å². The number of hydrogen-bond acceptors (Lipinski definition) is 9. The third-order valence-corrected chi connectivity index (χ3v) is 4.11. The fourth-order valence-electron chi connectivity index (χ4n) is 2.67. The van der Waals surface area contributed by atoms with Crippen LogP contribution in [0.15, 0.2) is 0 Å². The van der Waals surface area contributed by atoms with Crippen LogP contribution in [0.3, 0.4) is 0 Å². The van der Waals surface area contributed by atoms with Gasteiger partial charge in [-0.05, 0) is 13.8 Å². The van der Waals surface area contributed by atoms with Crippen LogP contribution in [0.5, 0.6) is 0 Å². The van der Waals surface area contributed by atoms with E-state index in [1.165, 1.54) is 14.0 Å². The van der Waals surface area contributed by atoms with E-state index >= 15 is 0 Å². The predicted octanol–water partition coefficient (Wildman–Crippen LogP) is -2.69. The maximum Gasteiger partial charge on any atom is 0.187 e. The van der Waals surface area contributed by atoms with Gasteiger partial charge in [0.25, 0.3) is 0 Å². The molecule has 2 aliphatic heterocycles. The first kappa shape index (κ1) is 18.0. The van der Waals surface area contributed by atoms with E-state index in [4.69, 9.17) is 18.9 Å². The molecule has 0 bridgehead atoms. The third kappa shape index (κ3) is 3.28. The number of methoxy groups -OCH3 is 1. The number of hydrogen-bond donors (Lipinski definition) is 5. The van der Waals surface area contributed by atoms with Gasteiger partial charge in [0, 0.05) is 7.11 Å². The molecule has 130 valence electrons. The minimum Gasteiger partial charge on any atom is -0.388 e. The van der Waals surface area contributed by atoms with E-state index < -0.39 is 61.4 Å². The van der Waals surface area contributed by atoms with Crippen LogP contribution in [-0.2, 0) is 18.9 Å². The highest BCUT2D eigenvalue weighted by Crippen LogP contribution is 2.28. The van der Waals surface area contributed by atoms with Gasteiger partial charge in [0.2, 0.25) is 0 Å². The SMILES string of the molecule is CO[C@@H]1O[C@@H](C)[C@H](O[C@H]2O[C@@H](C)[C@@H](O)[C@@H](O)[C@@H]2O)[C@@H](O)[C@H]1O. The number of rotatable bonds is 3. The maximum absolute atomic E-state index is 10.1. The summed E-state index contributed by atoms with van der Waals surface area (Å²) < 4.78 is 21.1. The Hall–Kier alpha value is -0.360. The van der Waals surface area contributed by atoms with Crippen molar-refractivity contribution in [2.75, 3.05) is 7.11 Å². The second kappa shape index (κ2) is 7.04. The van der Waals surface area contributed by atoms with E-state index in [1.54, 1.807) is 6.92 Å². The Morgan fingerprint density at radius 3 is 1.82 bits per heavy atom. The van der Waals surface area contributed by atoms with Gasteiger partial charge >= 0.3 is 0 Å². The van der Waals surface area contributed by atoms with Crippen molar-refractivity contribution in [2.45, 2.75) is 75.3 Å². The van der Waals surface area contributed by atoms with Crippen LogP contribution < -0.4 is 0 Å². The molecule has 0 aliphatic carbocycles. The molecule has 2 heterocycles. The van der Waals surface area contributed by atoms with E-state index in [2.05, 4.69) is 0 Å². The summed E-state index contributed by atoms with van der Waals surface area (Å²) in [6.07, 6.45) is -11.5. The van der Waals surface area contributed by atoms with Crippen molar-refractivity contribution in [1.82, 2.24) is 0 Å². The Morgan fingerprint density at radius 2 is 1.23 bits per heavy atom. The van der Waals surface area contributed by atoms with E-state index in [-0.39, 0.29) is 0 Å². The van der Waals surface area contributed by atoms with E-state index in [0.29, 0.717) is 0 Å². The van der Waals surface area contributed by atoms with Crippen molar-refractivity contribution in [3.8, 4) is 0 Å². The molecule has 5 N–H and O–H groups in total. The summed E-state index contributed by atoms with van der Waals surface area (Å²) in [5.74, 6) is 0. The van der Waals surface area contributed by atoms with Crippen molar-refractivity contribution in [1.29, 1.82) is 0 Å². The normalized spacial score (nSPS) is 53.5. The second-order valence-electron chi connectivity index (χ2n) is 5.71. The molecule has 2 aliphatic rings. The van der Waals surface area contributed by atoms with Crippen LogP contribution in [0.2, 0.25) is 0 Å². The number of ether oxygens (including phenoxy) is 4. The van der Waals surface area contributed by atoms with Crippen LogP contribution in [-0.4, -0.2) is 94.1 Å². The highest BCUT2D eigenvalue weighted by molar-refractivity contribution is 4.92. The highest BCUT2D eigenvalue weighted by atomic mass is 16.7. The summed E-state index contributed by atoms with van der Waals surface area (Å²) in [6.45, 7) is 3.12. The number of aliphatic hydroxyl groups is 5. The minimum absolute atomic E-state index is 0.654. The van der Waals surface area contributed by atoms with Gasteiger partial charge < -0.3 is 44.5 Å². The molecule has 10 atom stereocenters. The minimum atomic E-state index is -1.50. The predicted molar refractivity (Wildman–Crippen MR) is 70.6 cm³/mol. The fourth-order valence-corrected chi connectivity index (χ4v) is 2.67. The molecular formula is C13H24O9. The zero-order chi connectivity index (χ0) is 16.6. The summed E-state index contributed by atoms with van der Waals surface area (Å²) in [7, 11) is 1.34. The molecule has 0 aromatic heterocycles. The van der Waals surface area contributed by atoms with Crippen molar-refractivity contribution < 1.29 is 44.5 Å². The van der Waals surface area contributed by atoms with Gasteiger partial charge in [-0.3, -0.25) is 0 Å². The average molecular weight is 324 g/mol. The van der Waals surface area contributed by atoms with Crippen LogP contribution in [0.4, 0.5) is 0 Å². The first-order chi connectivity index (χ1) is 10.3. The Bertz CT molecular complexity index is 367. The summed E-state index contributed by atoms with van der Waals surface area (Å²) in [4.78, 5) is 0. The third-order valence-electron chi connectivity index (χ3n) is 4.11. The lowest BCUT2D eigenvalue weighted by molar-refractivity contribution is -0.350. The van der Waals surface area contributed by atoms with E-state index in [1.807, 2.05) is 0 Å². The van der Waals surface area contributed by atoms with Gasteiger partial charge in [-0.1, -0.05) is 0 Å². The Morgan fingerprint density at radius 1 is 0.682 bits per heavy atom. The standard InChI is InChI=1S/C13H24O9/c1-4-6(14)7(15)9(17)13(20-4)22-11-5(2)21-12(19-3)10(18)8(11)16/h4-18H,1-3H3/t4-,5-,6+,7+,8-,9-,10+,11-,12+,13+/m0/s1. The molecule has 22 heavy (non-hydrogen) atoms. The summed E-state index contributed by atoms with van der Waals surface area (Å²) >= 11 is 0. The molecular weight excluding hydrogens is 300 g/mol. The lowest BCUT2D eigenvalue weighted by Gasteiger charge is -2.45. The molecule has 9 heteroatoms. The second-order valence-corrected chi connectivity index (χ2v) is 5.71. The van der Waals surface area contributed by atoms with Gasteiger partial charge in [-0.25, -0.2) is 0 Å². The summed E-state index contributed by atoms with van der Waals surface area (Å²) in [5.41, 5.74) is 0. The smallest absolute Gasteiger partial charge is 0.187 e. The van der Waals surface area contributed by atoms with Gasteiger partial charge in [-0.2, -0.15) is 0 Å². The fraction of sp³-hybridized carbons (Fsp3) is 1.00. The zero-order valence-electron chi connectivity index (χ0n) is 12.6. The molecule has 2 saturated heterocycles. The topological polar surface area (TPSA) is 138 Å². The summed E-state index contributed by atoms with van der Waals surface area (Å²) in [5, 5.41) is 49.3. The zero-order valence-corrected chi connectivity index (χ0v) is 12.6. The quantitative estimate of drug-likeness (QED) is 0.376. The number of aliphatic hydroxyl groups excluding tert-OH is 5. The molecule has 0 unspecified atom stereocenters. The maximum atomic E-state index is 10.1. The van der Waals surface area contributed by atoms with Crippen LogP contribution >= 0.6 is 0 Å². The Kier molecular flexibility index (Phi) is 5.75. The van der Waals surface area contributed by atoms with E-state index in [9.17, 15) is 25.5 Å². The first-order valence-corrected chi connectivity index (χ1v) is 7.17. The summed E-state index contributed by atoms with van der Waals surface area (Å²) in [6, 6.07) is 0. The molecule has 0 radical (unpaired) electrons. The van der Waals surface area contributed by atoms with Crippen molar-refractivity contribution in [3.63, 3.8) is 0 Å². The molecule has 9 nitrogen and oxygen atoms in total. The van der Waals surface area contributed by atoms with Gasteiger partial charge in [0.05, 0.1) is 12.2 Å². The Balaban J connectivity index is 2.06. The molecule has 0 amide bonds. The Labute approximate surface area is 128 Å². The lowest BCUT2D eigenvalue weighted by atomic mass is 9.97. The molecule has 0 saturated carbocycles. The van der Waals surface area contributed by atoms with E-state index in [0.717, 1.165) is 0 Å². The molecule has 0 aromatic carbocycles. The van der Waals surface area contributed by atoms with Gasteiger partial charge in [0.1, 0.15) is 36.6 Å². The van der Waals surface area contributed by atoms with Gasteiger partial charge in [0.15, 0.2) is 12.6 Å². The van der Waals surface area contributed by atoms with Crippen LogP contribution in [0.1, 0.15) is 13.8 Å². The molecule has 2 fully saturated rings. The van der Waals surface area contributed by atoms with Crippen molar-refractivity contribution >= 4 is 0 Å². The van der Waals surface area contributed by atoms with Gasteiger partial charge in [-0.15, -0.1) is 0 Å². The average Bonchev–Trinajstić information content (AvgIpc) is 2.49. The van der Waals surface area contributed by atoms with Crippen LogP contribution in [0, 0.1) is 0 Å². The first-order valence-electron chi connectivity index (χ1n) is 7.17. The largest absolute Gasteiger partial charge is 0.388 e. The lowest BCUT2D eigenvalue weighted by Crippen LogP contribution is -2.63. The van der Waals surface area contributed by atoms with Crippen molar-refractivity contribution in [2.24, 2.45) is 0 Å².